The molecule has 18 heavy (non-hydrogen) atoms. The van der Waals surface area contributed by atoms with Gasteiger partial charge in [-0.2, -0.15) is 0 Å². The molecule has 1 saturated heterocycles. The number of hydrogen-bond acceptors (Lipinski definition) is 3. The summed E-state index contributed by atoms with van der Waals surface area (Å²) in [6.45, 7) is 0.764. The van der Waals surface area contributed by atoms with Crippen molar-refractivity contribution in [1.29, 1.82) is 0 Å². The minimum Gasteiger partial charge on any atom is -0.347 e. The van der Waals surface area contributed by atoms with Crippen molar-refractivity contribution in [2.24, 2.45) is 0 Å². The third kappa shape index (κ3) is 2.90. The lowest BCUT2D eigenvalue weighted by Crippen LogP contribution is -2.33. The SMILES string of the molecule is c1ccc(SC[C@H]2COC3(CCCCC3)O2)cc1. The second kappa shape index (κ2) is 5.64. The van der Waals surface area contributed by atoms with E-state index in [0.29, 0.717) is 0 Å². The van der Waals surface area contributed by atoms with Gasteiger partial charge in [-0.05, 0) is 25.0 Å². The maximum atomic E-state index is 6.17. The molecular weight excluding hydrogens is 244 g/mol. The van der Waals surface area contributed by atoms with Crippen molar-refractivity contribution in [1.82, 2.24) is 0 Å². The number of rotatable bonds is 3. The van der Waals surface area contributed by atoms with Gasteiger partial charge in [-0.3, -0.25) is 0 Å². The largest absolute Gasteiger partial charge is 0.347 e. The summed E-state index contributed by atoms with van der Waals surface area (Å²) in [6.07, 6.45) is 6.25. The number of benzene rings is 1. The topological polar surface area (TPSA) is 18.5 Å². The van der Waals surface area contributed by atoms with Gasteiger partial charge in [-0.15, -0.1) is 11.8 Å². The van der Waals surface area contributed by atoms with Crippen LogP contribution < -0.4 is 0 Å². The first-order chi connectivity index (χ1) is 8.86. The number of thioether (sulfide) groups is 1. The standard InChI is InChI=1S/C15H20O2S/c1-3-7-14(8-4-1)18-12-13-11-16-15(17-13)9-5-2-6-10-15/h1,3-4,7-8,13H,2,5-6,9-12H2/t13-/m1/s1. The van der Waals surface area contributed by atoms with Crippen molar-refractivity contribution in [2.45, 2.75) is 48.9 Å². The molecule has 2 nitrogen and oxygen atoms in total. The molecule has 1 aliphatic carbocycles. The van der Waals surface area contributed by atoms with Gasteiger partial charge in [-0.1, -0.05) is 24.6 Å². The van der Waals surface area contributed by atoms with Crippen molar-refractivity contribution in [3.63, 3.8) is 0 Å². The lowest BCUT2D eigenvalue weighted by Gasteiger charge is -2.31. The van der Waals surface area contributed by atoms with Crippen LogP contribution in [0.5, 0.6) is 0 Å². The molecule has 0 amide bonds. The molecule has 0 unspecified atom stereocenters. The van der Waals surface area contributed by atoms with Crippen molar-refractivity contribution in [3.8, 4) is 0 Å². The lowest BCUT2D eigenvalue weighted by atomic mass is 9.94. The summed E-state index contributed by atoms with van der Waals surface area (Å²) in [4.78, 5) is 1.31. The quantitative estimate of drug-likeness (QED) is 0.772. The molecule has 0 N–H and O–H groups in total. The Balaban J connectivity index is 1.50. The lowest BCUT2D eigenvalue weighted by molar-refractivity contribution is -0.184. The molecule has 3 heteroatoms. The van der Waals surface area contributed by atoms with Gasteiger partial charge in [0.15, 0.2) is 5.79 Å². The fourth-order valence-electron chi connectivity index (χ4n) is 2.76. The first-order valence-corrected chi connectivity index (χ1v) is 7.85. The van der Waals surface area contributed by atoms with E-state index in [1.807, 2.05) is 11.8 Å². The third-order valence-corrected chi connectivity index (χ3v) is 4.85. The van der Waals surface area contributed by atoms with Crippen LogP contribution >= 0.6 is 11.8 Å². The normalized spacial score (nSPS) is 26.6. The van der Waals surface area contributed by atoms with E-state index in [4.69, 9.17) is 9.47 Å². The highest BCUT2D eigenvalue weighted by Crippen LogP contribution is 2.38. The van der Waals surface area contributed by atoms with E-state index in [-0.39, 0.29) is 11.9 Å². The molecule has 98 valence electrons. The van der Waals surface area contributed by atoms with Crippen LogP contribution in [0, 0.1) is 0 Å². The van der Waals surface area contributed by atoms with Gasteiger partial charge in [0.25, 0.3) is 0 Å². The first-order valence-electron chi connectivity index (χ1n) is 6.86. The Morgan fingerprint density at radius 3 is 2.67 bits per heavy atom. The van der Waals surface area contributed by atoms with E-state index in [1.165, 1.54) is 24.2 Å². The highest BCUT2D eigenvalue weighted by molar-refractivity contribution is 7.99. The minimum absolute atomic E-state index is 0.222. The Hall–Kier alpha value is -0.510. The fourth-order valence-corrected chi connectivity index (χ4v) is 3.65. The minimum atomic E-state index is -0.222. The van der Waals surface area contributed by atoms with E-state index in [0.717, 1.165) is 25.2 Å². The molecular formula is C15H20O2S. The summed E-state index contributed by atoms with van der Waals surface area (Å²) in [5.41, 5.74) is 0. The molecule has 1 atom stereocenters. The van der Waals surface area contributed by atoms with Gasteiger partial charge in [-0.25, -0.2) is 0 Å². The summed E-state index contributed by atoms with van der Waals surface area (Å²) in [5.74, 6) is 0.770. The summed E-state index contributed by atoms with van der Waals surface area (Å²) in [6, 6.07) is 10.5. The Morgan fingerprint density at radius 2 is 1.89 bits per heavy atom. The van der Waals surface area contributed by atoms with E-state index in [9.17, 15) is 0 Å². The average molecular weight is 264 g/mol. The summed E-state index contributed by atoms with van der Waals surface area (Å²) in [7, 11) is 0. The Bertz CT molecular complexity index is 373. The predicted molar refractivity (Wildman–Crippen MR) is 73.8 cm³/mol. The zero-order chi connectivity index (χ0) is 12.3. The molecule has 0 radical (unpaired) electrons. The van der Waals surface area contributed by atoms with Crippen LogP contribution in [-0.2, 0) is 9.47 Å². The van der Waals surface area contributed by atoms with Crippen LogP contribution in [0.25, 0.3) is 0 Å². The molecule has 1 heterocycles. The van der Waals surface area contributed by atoms with Crippen LogP contribution in [0.15, 0.2) is 35.2 Å². The highest BCUT2D eigenvalue weighted by Gasteiger charge is 2.41. The van der Waals surface area contributed by atoms with Crippen LogP contribution in [0.1, 0.15) is 32.1 Å². The molecule has 1 spiro atoms. The molecule has 2 fully saturated rings. The second-order valence-electron chi connectivity index (χ2n) is 5.15. The van der Waals surface area contributed by atoms with Crippen LogP contribution in [0.2, 0.25) is 0 Å². The van der Waals surface area contributed by atoms with Gasteiger partial charge in [0.2, 0.25) is 0 Å². The zero-order valence-electron chi connectivity index (χ0n) is 10.6. The zero-order valence-corrected chi connectivity index (χ0v) is 11.5. The van der Waals surface area contributed by atoms with Gasteiger partial charge in [0.1, 0.15) is 0 Å². The van der Waals surface area contributed by atoms with Gasteiger partial charge in [0.05, 0.1) is 12.7 Å². The monoisotopic (exact) mass is 264 g/mol. The summed E-state index contributed by atoms with van der Waals surface area (Å²) in [5, 5.41) is 0. The number of hydrogen-bond donors (Lipinski definition) is 0. The summed E-state index contributed by atoms with van der Waals surface area (Å²) >= 11 is 1.86. The molecule has 0 aromatic heterocycles. The van der Waals surface area contributed by atoms with E-state index in [1.54, 1.807) is 0 Å². The molecule has 0 bridgehead atoms. The van der Waals surface area contributed by atoms with Crippen molar-refractivity contribution in [3.05, 3.63) is 30.3 Å². The molecule has 3 rings (SSSR count). The molecule has 2 aliphatic rings. The number of ether oxygens (including phenoxy) is 2. The summed E-state index contributed by atoms with van der Waals surface area (Å²) < 4.78 is 12.1. The smallest absolute Gasteiger partial charge is 0.168 e. The molecule has 1 saturated carbocycles. The molecule has 1 aromatic carbocycles. The Morgan fingerprint density at radius 1 is 1.11 bits per heavy atom. The van der Waals surface area contributed by atoms with Crippen LogP contribution in [-0.4, -0.2) is 24.3 Å². The van der Waals surface area contributed by atoms with Gasteiger partial charge in [0, 0.05) is 23.5 Å². The van der Waals surface area contributed by atoms with Crippen molar-refractivity contribution < 1.29 is 9.47 Å². The highest BCUT2D eigenvalue weighted by atomic mass is 32.2. The van der Waals surface area contributed by atoms with E-state index < -0.39 is 0 Å². The van der Waals surface area contributed by atoms with E-state index >= 15 is 0 Å². The molecule has 1 aliphatic heterocycles. The maximum Gasteiger partial charge on any atom is 0.168 e. The third-order valence-electron chi connectivity index (χ3n) is 3.71. The van der Waals surface area contributed by atoms with Crippen molar-refractivity contribution >= 4 is 11.8 Å². The predicted octanol–water partition coefficient (Wildman–Crippen LogP) is 3.85. The fraction of sp³-hybridized carbons (Fsp3) is 0.600. The average Bonchev–Trinajstić information content (AvgIpc) is 2.82. The van der Waals surface area contributed by atoms with Gasteiger partial charge < -0.3 is 9.47 Å². The van der Waals surface area contributed by atoms with Crippen LogP contribution in [0.3, 0.4) is 0 Å². The van der Waals surface area contributed by atoms with Gasteiger partial charge >= 0.3 is 0 Å². The van der Waals surface area contributed by atoms with Crippen LogP contribution in [0.4, 0.5) is 0 Å². The second-order valence-corrected chi connectivity index (χ2v) is 6.24. The first kappa shape index (κ1) is 12.5. The van der Waals surface area contributed by atoms with Crippen molar-refractivity contribution in [2.75, 3.05) is 12.4 Å². The Kier molecular flexibility index (Phi) is 3.92. The van der Waals surface area contributed by atoms with E-state index in [2.05, 4.69) is 30.3 Å². The molecule has 1 aromatic rings. The Labute approximate surface area is 113 Å². The maximum absolute atomic E-state index is 6.17.